The minimum absolute atomic E-state index is 0.0513. The highest BCUT2D eigenvalue weighted by Gasteiger charge is 2.49. The highest BCUT2D eigenvalue weighted by Crippen LogP contribution is 2.51. The fourth-order valence-corrected chi connectivity index (χ4v) is 5.44. The summed E-state index contributed by atoms with van der Waals surface area (Å²) >= 11 is 6.49. The van der Waals surface area contributed by atoms with E-state index in [-0.39, 0.29) is 12.0 Å². The first-order valence-corrected chi connectivity index (χ1v) is 10.9. The number of methoxy groups -OCH3 is 2. The second kappa shape index (κ2) is 8.55. The van der Waals surface area contributed by atoms with Crippen molar-refractivity contribution in [2.75, 3.05) is 20.8 Å². The van der Waals surface area contributed by atoms with Gasteiger partial charge in [-0.1, -0.05) is 42.6 Å². The Hall–Kier alpha value is -1.75. The highest BCUT2D eigenvalue weighted by atomic mass is 35.5. The maximum Gasteiger partial charge on any atom is 0.123 e. The van der Waals surface area contributed by atoms with Crippen LogP contribution in [0, 0.1) is 5.92 Å². The molecule has 0 radical (unpaired) electrons. The quantitative estimate of drug-likeness (QED) is 0.726. The van der Waals surface area contributed by atoms with Crippen LogP contribution in [0.3, 0.4) is 0 Å². The van der Waals surface area contributed by atoms with Gasteiger partial charge in [0, 0.05) is 35.6 Å². The van der Waals surface area contributed by atoms with Gasteiger partial charge in [-0.3, -0.25) is 4.90 Å². The number of rotatable bonds is 5. The number of likely N-dealkylation sites (tertiary alicyclic amines) is 1. The van der Waals surface area contributed by atoms with Crippen molar-refractivity contribution in [1.29, 1.82) is 0 Å². The van der Waals surface area contributed by atoms with Crippen molar-refractivity contribution in [3.63, 3.8) is 0 Å². The van der Waals surface area contributed by atoms with E-state index in [4.69, 9.17) is 21.1 Å². The van der Waals surface area contributed by atoms with Crippen molar-refractivity contribution >= 4 is 11.6 Å². The summed E-state index contributed by atoms with van der Waals surface area (Å²) in [6.07, 6.45) is 4.93. The zero-order chi connectivity index (χ0) is 20.4. The molecule has 1 saturated carbocycles. The topological polar surface area (TPSA) is 41.9 Å². The van der Waals surface area contributed by atoms with E-state index in [1.54, 1.807) is 14.2 Å². The third-order valence-corrected chi connectivity index (χ3v) is 7.13. The highest BCUT2D eigenvalue weighted by molar-refractivity contribution is 6.31. The number of piperidine rings is 1. The van der Waals surface area contributed by atoms with E-state index < -0.39 is 5.60 Å². The van der Waals surface area contributed by atoms with Crippen LogP contribution in [0.15, 0.2) is 42.5 Å². The zero-order valence-corrected chi connectivity index (χ0v) is 18.0. The molecule has 0 aromatic heterocycles. The Morgan fingerprint density at radius 3 is 2.69 bits per heavy atom. The Balaban J connectivity index is 1.78. The van der Waals surface area contributed by atoms with Crippen LogP contribution in [0.5, 0.6) is 11.5 Å². The van der Waals surface area contributed by atoms with Gasteiger partial charge in [-0.2, -0.15) is 0 Å². The second-order valence-corrected chi connectivity index (χ2v) is 8.73. The monoisotopic (exact) mass is 415 g/mol. The van der Waals surface area contributed by atoms with E-state index in [0.717, 1.165) is 72.8 Å². The third kappa shape index (κ3) is 3.98. The van der Waals surface area contributed by atoms with Crippen LogP contribution in [0.25, 0.3) is 0 Å². The number of fused-ring (bicyclic) bond motifs is 1. The number of aliphatic hydroxyl groups is 1. The second-order valence-electron chi connectivity index (χ2n) is 8.32. The molecule has 2 aliphatic rings. The van der Waals surface area contributed by atoms with E-state index in [0.29, 0.717) is 0 Å². The summed E-state index contributed by atoms with van der Waals surface area (Å²) in [6, 6.07) is 14.0. The lowest BCUT2D eigenvalue weighted by atomic mass is 9.66. The average Bonchev–Trinajstić information content (AvgIpc) is 2.74. The summed E-state index contributed by atoms with van der Waals surface area (Å²) in [6.45, 7) is 1.57. The molecule has 4 nitrogen and oxygen atoms in total. The third-order valence-electron chi connectivity index (χ3n) is 6.76. The molecule has 1 saturated heterocycles. The van der Waals surface area contributed by atoms with Crippen LogP contribution in [-0.4, -0.2) is 36.4 Å². The van der Waals surface area contributed by atoms with Gasteiger partial charge in [0.1, 0.15) is 11.5 Å². The standard InChI is InChI=1S/C24H30ClNO3/c1-28-18-10-11-22(29-2)19(15-18)23-20-8-5-6-12-24(20,27)13-14-26(23)16-17-7-3-4-9-21(17)25/h3-4,7,9-11,15,20,23,27H,5-6,8,12-14,16H2,1-2H3/t20-,23-,24+/m0/s1. The molecule has 2 aromatic rings. The Kier molecular flexibility index (Phi) is 6.05. The van der Waals surface area contributed by atoms with E-state index >= 15 is 0 Å². The van der Waals surface area contributed by atoms with Crippen LogP contribution >= 0.6 is 11.6 Å². The van der Waals surface area contributed by atoms with Crippen molar-refractivity contribution in [2.24, 2.45) is 5.92 Å². The molecule has 29 heavy (non-hydrogen) atoms. The van der Waals surface area contributed by atoms with Gasteiger partial charge in [-0.05, 0) is 49.1 Å². The Morgan fingerprint density at radius 2 is 1.93 bits per heavy atom. The molecule has 0 bridgehead atoms. The molecular weight excluding hydrogens is 386 g/mol. The Labute approximate surface area is 178 Å². The molecule has 156 valence electrons. The Morgan fingerprint density at radius 1 is 1.10 bits per heavy atom. The molecule has 0 unspecified atom stereocenters. The first-order valence-electron chi connectivity index (χ1n) is 10.5. The first kappa shape index (κ1) is 20.5. The van der Waals surface area contributed by atoms with Gasteiger partial charge in [0.05, 0.1) is 19.8 Å². The van der Waals surface area contributed by atoms with Crippen LogP contribution < -0.4 is 9.47 Å². The van der Waals surface area contributed by atoms with Crippen LogP contribution in [0.1, 0.15) is 49.3 Å². The fourth-order valence-electron chi connectivity index (χ4n) is 5.25. The van der Waals surface area contributed by atoms with Gasteiger partial charge in [-0.15, -0.1) is 0 Å². The van der Waals surface area contributed by atoms with Gasteiger partial charge in [0.25, 0.3) is 0 Å². The van der Waals surface area contributed by atoms with Gasteiger partial charge in [-0.25, -0.2) is 0 Å². The minimum Gasteiger partial charge on any atom is -0.497 e. The molecule has 1 heterocycles. The van der Waals surface area contributed by atoms with Crippen molar-refractivity contribution in [3.8, 4) is 11.5 Å². The zero-order valence-electron chi connectivity index (χ0n) is 17.2. The van der Waals surface area contributed by atoms with E-state index in [9.17, 15) is 5.11 Å². The van der Waals surface area contributed by atoms with Crippen molar-refractivity contribution in [1.82, 2.24) is 4.90 Å². The largest absolute Gasteiger partial charge is 0.497 e. The summed E-state index contributed by atoms with van der Waals surface area (Å²) in [7, 11) is 3.39. The summed E-state index contributed by atoms with van der Waals surface area (Å²) in [5, 5.41) is 12.3. The maximum atomic E-state index is 11.5. The number of hydrogen-bond donors (Lipinski definition) is 1. The lowest BCUT2D eigenvalue weighted by Gasteiger charge is -2.53. The van der Waals surface area contributed by atoms with Gasteiger partial charge < -0.3 is 14.6 Å². The molecule has 1 aliphatic carbocycles. The molecule has 5 heteroatoms. The maximum absolute atomic E-state index is 11.5. The number of halogens is 1. The summed E-state index contributed by atoms with van der Waals surface area (Å²) < 4.78 is 11.3. The predicted octanol–water partition coefficient (Wildman–Crippen LogP) is 5.23. The first-order chi connectivity index (χ1) is 14.1. The van der Waals surface area contributed by atoms with Crippen molar-refractivity contribution in [2.45, 2.75) is 50.3 Å². The average molecular weight is 416 g/mol. The molecule has 1 N–H and O–H groups in total. The molecule has 1 aliphatic heterocycles. The number of hydrogen-bond acceptors (Lipinski definition) is 4. The molecule has 0 amide bonds. The molecule has 2 aromatic carbocycles. The van der Waals surface area contributed by atoms with Crippen LogP contribution in [-0.2, 0) is 6.54 Å². The number of ether oxygens (including phenoxy) is 2. The predicted molar refractivity (Wildman–Crippen MR) is 116 cm³/mol. The van der Waals surface area contributed by atoms with Crippen LogP contribution in [0.4, 0.5) is 0 Å². The fraction of sp³-hybridized carbons (Fsp3) is 0.500. The van der Waals surface area contributed by atoms with E-state index in [1.165, 1.54) is 0 Å². The molecule has 0 spiro atoms. The summed E-state index contributed by atoms with van der Waals surface area (Å²) in [5.74, 6) is 1.81. The molecule has 2 fully saturated rings. The lowest BCUT2D eigenvalue weighted by Crippen LogP contribution is -2.54. The summed E-state index contributed by atoms with van der Waals surface area (Å²) in [5.41, 5.74) is 1.58. The normalized spacial score (nSPS) is 27.3. The summed E-state index contributed by atoms with van der Waals surface area (Å²) in [4.78, 5) is 2.46. The van der Waals surface area contributed by atoms with Crippen LogP contribution in [0.2, 0.25) is 5.02 Å². The number of benzene rings is 2. The van der Waals surface area contributed by atoms with E-state index in [2.05, 4.69) is 17.0 Å². The molecule has 3 atom stereocenters. The molecule has 4 rings (SSSR count). The van der Waals surface area contributed by atoms with Gasteiger partial charge >= 0.3 is 0 Å². The minimum atomic E-state index is -0.617. The van der Waals surface area contributed by atoms with E-state index in [1.807, 2.05) is 30.3 Å². The Bertz CT molecular complexity index is 858. The van der Waals surface area contributed by atoms with Gasteiger partial charge in [0.2, 0.25) is 0 Å². The number of nitrogens with zero attached hydrogens (tertiary/aromatic N) is 1. The smallest absolute Gasteiger partial charge is 0.123 e. The van der Waals surface area contributed by atoms with Crippen molar-refractivity contribution < 1.29 is 14.6 Å². The lowest BCUT2D eigenvalue weighted by molar-refractivity contribution is -0.126. The van der Waals surface area contributed by atoms with Gasteiger partial charge in [0.15, 0.2) is 0 Å². The SMILES string of the molecule is COc1ccc(OC)c([C@H]2[C@@H]3CCCC[C@@]3(O)CCN2Cc2ccccc2Cl)c1. The van der Waals surface area contributed by atoms with Crippen molar-refractivity contribution in [3.05, 3.63) is 58.6 Å². The molecular formula is C24H30ClNO3.